The molecule has 3 unspecified atom stereocenters. The fraction of sp³-hybridized carbons (Fsp3) is 0.933. The number of likely N-dealkylation sites (N-methyl/N-ethyl adjacent to an activating group) is 1. The number of methoxy groups -OCH3 is 1. The zero-order valence-electron chi connectivity index (χ0n) is 12.6. The molecule has 2 bridgehead atoms. The normalized spacial score (nSPS) is 30.7. The van der Waals surface area contributed by atoms with Crippen LogP contribution in [0, 0.1) is 11.8 Å². The number of esters is 1. The Morgan fingerprint density at radius 1 is 1.37 bits per heavy atom. The molecule has 2 aliphatic rings. The standard InChI is InChI=1S/C15H28N2O2/c1-15(16-2,14(18)19-3)7-8-17-10-12-5-4-6-13(9-12)11-17/h12-13,16H,4-11H2,1-3H3. The molecule has 2 fully saturated rings. The maximum Gasteiger partial charge on any atom is 0.325 e. The lowest BCUT2D eigenvalue weighted by Gasteiger charge is -2.42. The van der Waals surface area contributed by atoms with Crippen LogP contribution in [-0.2, 0) is 9.53 Å². The van der Waals surface area contributed by atoms with Crippen LogP contribution >= 0.6 is 0 Å². The van der Waals surface area contributed by atoms with Crippen LogP contribution in [0.3, 0.4) is 0 Å². The Morgan fingerprint density at radius 2 is 2.00 bits per heavy atom. The first-order valence-electron chi connectivity index (χ1n) is 7.57. The van der Waals surface area contributed by atoms with Crippen molar-refractivity contribution < 1.29 is 9.53 Å². The van der Waals surface area contributed by atoms with E-state index in [2.05, 4.69) is 10.2 Å². The Kier molecular flexibility index (Phi) is 4.85. The highest BCUT2D eigenvalue weighted by Crippen LogP contribution is 2.34. The van der Waals surface area contributed by atoms with Crippen LogP contribution in [0.5, 0.6) is 0 Å². The van der Waals surface area contributed by atoms with E-state index in [1.54, 1.807) is 0 Å². The van der Waals surface area contributed by atoms with Crippen LogP contribution in [0.15, 0.2) is 0 Å². The Labute approximate surface area is 116 Å². The van der Waals surface area contributed by atoms with Crippen molar-refractivity contribution in [3.8, 4) is 0 Å². The molecule has 0 aromatic rings. The molecule has 110 valence electrons. The summed E-state index contributed by atoms with van der Waals surface area (Å²) in [7, 11) is 3.30. The zero-order chi connectivity index (χ0) is 13.9. The number of rotatable bonds is 5. The average Bonchev–Trinajstić information content (AvgIpc) is 2.43. The molecule has 4 heteroatoms. The first-order chi connectivity index (χ1) is 9.07. The minimum Gasteiger partial charge on any atom is -0.468 e. The number of piperidine rings is 1. The van der Waals surface area contributed by atoms with Gasteiger partial charge in [-0.15, -0.1) is 0 Å². The van der Waals surface area contributed by atoms with Crippen molar-refractivity contribution >= 4 is 5.97 Å². The second-order valence-electron chi connectivity index (χ2n) is 6.48. The van der Waals surface area contributed by atoms with Crippen LogP contribution in [0.4, 0.5) is 0 Å². The van der Waals surface area contributed by atoms with Gasteiger partial charge in [-0.2, -0.15) is 0 Å². The molecule has 1 aliphatic carbocycles. The summed E-state index contributed by atoms with van der Waals surface area (Å²) in [5, 5.41) is 3.12. The maximum atomic E-state index is 11.8. The number of fused-ring (bicyclic) bond motifs is 2. The summed E-state index contributed by atoms with van der Waals surface area (Å²) >= 11 is 0. The van der Waals surface area contributed by atoms with Gasteiger partial charge in [0.25, 0.3) is 0 Å². The minimum absolute atomic E-state index is 0.160. The van der Waals surface area contributed by atoms with E-state index in [1.165, 1.54) is 45.9 Å². The molecule has 0 aromatic heterocycles. The van der Waals surface area contributed by atoms with Crippen LogP contribution in [-0.4, -0.2) is 50.2 Å². The molecule has 1 aliphatic heterocycles. The molecular formula is C15H28N2O2. The van der Waals surface area contributed by atoms with E-state index in [4.69, 9.17) is 4.74 Å². The summed E-state index contributed by atoms with van der Waals surface area (Å²) in [4.78, 5) is 14.4. The van der Waals surface area contributed by atoms with Crippen molar-refractivity contribution in [1.82, 2.24) is 10.2 Å². The topological polar surface area (TPSA) is 41.6 Å². The Morgan fingerprint density at radius 3 is 2.53 bits per heavy atom. The van der Waals surface area contributed by atoms with Gasteiger partial charge in [-0.1, -0.05) is 6.42 Å². The second-order valence-corrected chi connectivity index (χ2v) is 6.48. The molecule has 3 atom stereocenters. The van der Waals surface area contributed by atoms with Crippen molar-refractivity contribution in [2.75, 3.05) is 33.8 Å². The van der Waals surface area contributed by atoms with E-state index < -0.39 is 5.54 Å². The first-order valence-corrected chi connectivity index (χ1v) is 7.57. The van der Waals surface area contributed by atoms with Gasteiger partial charge in [-0.25, -0.2) is 0 Å². The number of likely N-dealkylation sites (tertiary alicyclic amines) is 1. The van der Waals surface area contributed by atoms with E-state index in [-0.39, 0.29) is 5.97 Å². The van der Waals surface area contributed by atoms with Gasteiger partial charge in [0.05, 0.1) is 7.11 Å². The van der Waals surface area contributed by atoms with E-state index in [0.29, 0.717) is 0 Å². The number of hydrogen-bond acceptors (Lipinski definition) is 4. The Balaban J connectivity index is 1.86. The fourth-order valence-electron chi connectivity index (χ4n) is 3.66. The third-order valence-electron chi connectivity index (χ3n) is 5.04. The third kappa shape index (κ3) is 3.48. The van der Waals surface area contributed by atoms with Gasteiger partial charge < -0.3 is 15.0 Å². The smallest absolute Gasteiger partial charge is 0.325 e. The second kappa shape index (κ2) is 6.23. The number of ether oxygens (including phenoxy) is 1. The molecule has 1 saturated heterocycles. The van der Waals surface area contributed by atoms with Crippen LogP contribution in [0.25, 0.3) is 0 Å². The lowest BCUT2D eigenvalue weighted by Crippen LogP contribution is -2.52. The van der Waals surface area contributed by atoms with E-state index >= 15 is 0 Å². The molecule has 0 radical (unpaired) electrons. The van der Waals surface area contributed by atoms with Crippen LogP contribution < -0.4 is 5.32 Å². The van der Waals surface area contributed by atoms with Gasteiger partial charge in [0, 0.05) is 19.6 Å². The molecule has 4 nitrogen and oxygen atoms in total. The highest BCUT2D eigenvalue weighted by atomic mass is 16.5. The summed E-state index contributed by atoms with van der Waals surface area (Å²) < 4.78 is 4.90. The summed E-state index contributed by atoms with van der Waals surface area (Å²) in [6, 6.07) is 0. The molecule has 1 N–H and O–H groups in total. The summed E-state index contributed by atoms with van der Waals surface area (Å²) in [5.41, 5.74) is -0.554. The van der Waals surface area contributed by atoms with Crippen molar-refractivity contribution in [2.24, 2.45) is 11.8 Å². The van der Waals surface area contributed by atoms with Gasteiger partial charge >= 0.3 is 5.97 Å². The number of carbonyl (C=O) groups excluding carboxylic acids is 1. The number of nitrogens with zero attached hydrogens (tertiary/aromatic N) is 1. The predicted molar refractivity (Wildman–Crippen MR) is 76.0 cm³/mol. The SMILES string of the molecule is CNC(C)(CCN1CC2CCCC(C2)C1)C(=O)OC. The number of carbonyl (C=O) groups is 1. The summed E-state index contributed by atoms with van der Waals surface area (Å²) in [6.45, 7) is 5.36. The molecular weight excluding hydrogens is 240 g/mol. The lowest BCUT2D eigenvalue weighted by atomic mass is 9.78. The zero-order valence-corrected chi connectivity index (χ0v) is 12.6. The molecule has 0 amide bonds. The van der Waals surface area contributed by atoms with E-state index in [1.807, 2.05) is 14.0 Å². The van der Waals surface area contributed by atoms with Crippen molar-refractivity contribution in [2.45, 2.75) is 44.6 Å². The highest BCUT2D eigenvalue weighted by molar-refractivity contribution is 5.80. The Hall–Kier alpha value is -0.610. The number of hydrogen-bond donors (Lipinski definition) is 1. The minimum atomic E-state index is -0.554. The van der Waals surface area contributed by atoms with E-state index in [0.717, 1.165) is 24.8 Å². The van der Waals surface area contributed by atoms with E-state index in [9.17, 15) is 4.79 Å². The third-order valence-corrected chi connectivity index (χ3v) is 5.04. The fourth-order valence-corrected chi connectivity index (χ4v) is 3.66. The van der Waals surface area contributed by atoms with Gasteiger partial charge in [-0.05, 0) is 51.5 Å². The van der Waals surface area contributed by atoms with Crippen LogP contribution in [0.2, 0.25) is 0 Å². The van der Waals surface area contributed by atoms with Gasteiger partial charge in [0.1, 0.15) is 5.54 Å². The molecule has 2 rings (SSSR count). The average molecular weight is 268 g/mol. The molecule has 19 heavy (non-hydrogen) atoms. The van der Waals surface area contributed by atoms with Gasteiger partial charge in [0.2, 0.25) is 0 Å². The first kappa shape index (κ1) is 14.8. The molecule has 1 saturated carbocycles. The largest absolute Gasteiger partial charge is 0.468 e. The van der Waals surface area contributed by atoms with Gasteiger partial charge in [-0.3, -0.25) is 4.79 Å². The quantitative estimate of drug-likeness (QED) is 0.770. The molecule has 1 heterocycles. The maximum absolute atomic E-state index is 11.8. The number of nitrogens with one attached hydrogen (secondary N) is 1. The van der Waals surface area contributed by atoms with Crippen molar-refractivity contribution in [1.29, 1.82) is 0 Å². The Bertz CT molecular complexity index is 309. The summed E-state index contributed by atoms with van der Waals surface area (Å²) in [6.07, 6.45) is 6.45. The molecule has 0 spiro atoms. The summed E-state index contributed by atoms with van der Waals surface area (Å²) in [5.74, 6) is 1.63. The lowest BCUT2D eigenvalue weighted by molar-refractivity contribution is -0.148. The molecule has 0 aromatic carbocycles. The van der Waals surface area contributed by atoms with Crippen LogP contribution in [0.1, 0.15) is 39.0 Å². The predicted octanol–water partition coefficient (Wildman–Crippen LogP) is 1.65. The van der Waals surface area contributed by atoms with Gasteiger partial charge in [0.15, 0.2) is 0 Å². The monoisotopic (exact) mass is 268 g/mol. The van der Waals surface area contributed by atoms with Crippen molar-refractivity contribution in [3.05, 3.63) is 0 Å². The highest BCUT2D eigenvalue weighted by Gasteiger charge is 2.35. The van der Waals surface area contributed by atoms with Crippen molar-refractivity contribution in [3.63, 3.8) is 0 Å².